The quantitative estimate of drug-likeness (QED) is 0.815. The van der Waals surface area contributed by atoms with Crippen LogP contribution in [0.1, 0.15) is 49.4 Å². The van der Waals surface area contributed by atoms with Crippen molar-refractivity contribution in [2.24, 2.45) is 5.41 Å². The molecule has 1 atom stereocenters. The predicted molar refractivity (Wildman–Crippen MR) is 58.4 cm³/mol. The highest BCUT2D eigenvalue weighted by Gasteiger charge is 2.37. The third-order valence-electron chi connectivity index (χ3n) is 3.32. The van der Waals surface area contributed by atoms with Crippen LogP contribution in [0.25, 0.3) is 0 Å². The Morgan fingerprint density at radius 3 is 2.64 bits per heavy atom. The summed E-state index contributed by atoms with van der Waals surface area (Å²) in [6.07, 6.45) is 4.39. The number of nitrogens with zero attached hydrogens (tertiary/aromatic N) is 1. The van der Waals surface area contributed by atoms with Crippen molar-refractivity contribution in [2.45, 2.75) is 45.6 Å². The van der Waals surface area contributed by atoms with Gasteiger partial charge in [-0.1, -0.05) is 19.8 Å². The van der Waals surface area contributed by atoms with Gasteiger partial charge in [-0.25, -0.2) is 4.98 Å². The predicted octanol–water partition coefficient (Wildman–Crippen LogP) is 3.07. The van der Waals surface area contributed by atoms with Gasteiger partial charge in [0.25, 0.3) is 0 Å². The Balaban J connectivity index is 2.18. The van der Waals surface area contributed by atoms with Crippen LogP contribution in [0.3, 0.4) is 0 Å². The first-order valence-electron chi connectivity index (χ1n) is 5.22. The van der Waals surface area contributed by atoms with E-state index in [4.69, 9.17) is 0 Å². The van der Waals surface area contributed by atoms with Crippen LogP contribution < -0.4 is 0 Å². The van der Waals surface area contributed by atoms with E-state index in [1.807, 2.05) is 12.3 Å². The van der Waals surface area contributed by atoms with Crippen molar-refractivity contribution in [1.82, 2.24) is 4.98 Å². The van der Waals surface area contributed by atoms with Crippen LogP contribution >= 0.6 is 11.3 Å². The summed E-state index contributed by atoms with van der Waals surface area (Å²) in [6, 6.07) is 0. The highest BCUT2D eigenvalue weighted by molar-refractivity contribution is 7.09. The standard InChI is InChI=1S/C11H17NOS/c1-8-12-9(7-14-8)10(13)11(2)5-3-4-6-11/h7,10,13H,3-6H2,1-2H3. The monoisotopic (exact) mass is 211 g/mol. The Morgan fingerprint density at radius 1 is 1.50 bits per heavy atom. The first kappa shape index (κ1) is 10.1. The minimum atomic E-state index is -0.366. The molecule has 3 heteroatoms. The lowest BCUT2D eigenvalue weighted by Gasteiger charge is -2.28. The zero-order chi connectivity index (χ0) is 10.2. The molecule has 2 rings (SSSR count). The minimum absolute atomic E-state index is 0.0700. The number of thiazole rings is 1. The molecule has 1 aromatic rings. The first-order valence-corrected chi connectivity index (χ1v) is 6.10. The molecule has 1 aliphatic rings. The number of aromatic nitrogens is 1. The molecule has 0 saturated heterocycles. The summed E-state index contributed by atoms with van der Waals surface area (Å²) in [6.45, 7) is 4.16. The number of aryl methyl sites for hydroxylation is 1. The molecule has 1 N–H and O–H groups in total. The lowest BCUT2D eigenvalue weighted by atomic mass is 9.81. The van der Waals surface area contributed by atoms with E-state index in [-0.39, 0.29) is 11.5 Å². The molecule has 1 heterocycles. The minimum Gasteiger partial charge on any atom is -0.386 e. The average Bonchev–Trinajstić information content (AvgIpc) is 2.74. The number of rotatable bonds is 2. The summed E-state index contributed by atoms with van der Waals surface area (Å²) in [5.74, 6) is 0. The molecule has 0 radical (unpaired) electrons. The normalized spacial score (nSPS) is 22.5. The Morgan fingerprint density at radius 2 is 2.14 bits per heavy atom. The van der Waals surface area contributed by atoms with Gasteiger partial charge in [-0.3, -0.25) is 0 Å². The number of hydrogen-bond acceptors (Lipinski definition) is 3. The molecule has 0 bridgehead atoms. The summed E-state index contributed by atoms with van der Waals surface area (Å²) < 4.78 is 0. The Hall–Kier alpha value is -0.410. The number of aliphatic hydroxyl groups excluding tert-OH is 1. The van der Waals surface area contributed by atoms with E-state index < -0.39 is 0 Å². The van der Waals surface area contributed by atoms with E-state index in [0.29, 0.717) is 0 Å². The van der Waals surface area contributed by atoms with E-state index in [2.05, 4.69) is 11.9 Å². The zero-order valence-corrected chi connectivity index (χ0v) is 9.60. The maximum atomic E-state index is 10.2. The van der Waals surface area contributed by atoms with Gasteiger partial charge in [0.1, 0.15) is 6.10 Å². The summed E-state index contributed by atoms with van der Waals surface area (Å²) in [5, 5.41) is 13.3. The average molecular weight is 211 g/mol. The highest BCUT2D eigenvalue weighted by atomic mass is 32.1. The molecule has 0 spiro atoms. The van der Waals surface area contributed by atoms with E-state index in [1.54, 1.807) is 11.3 Å². The molecule has 1 aromatic heterocycles. The smallest absolute Gasteiger partial charge is 0.102 e. The summed E-state index contributed by atoms with van der Waals surface area (Å²) in [5.41, 5.74) is 0.942. The topological polar surface area (TPSA) is 33.1 Å². The van der Waals surface area contributed by atoms with Gasteiger partial charge in [-0.2, -0.15) is 0 Å². The molecular formula is C11H17NOS. The van der Waals surface area contributed by atoms with Crippen LogP contribution in [-0.4, -0.2) is 10.1 Å². The van der Waals surface area contributed by atoms with Crippen molar-refractivity contribution in [2.75, 3.05) is 0 Å². The first-order chi connectivity index (χ1) is 6.62. The van der Waals surface area contributed by atoms with E-state index in [0.717, 1.165) is 23.5 Å². The third kappa shape index (κ3) is 1.71. The Kier molecular flexibility index (Phi) is 2.62. The fourth-order valence-corrected chi connectivity index (χ4v) is 2.95. The molecule has 1 aliphatic carbocycles. The van der Waals surface area contributed by atoms with Crippen molar-refractivity contribution >= 4 is 11.3 Å². The van der Waals surface area contributed by atoms with Gasteiger partial charge in [0.15, 0.2) is 0 Å². The van der Waals surface area contributed by atoms with Crippen molar-refractivity contribution in [3.05, 3.63) is 16.1 Å². The largest absolute Gasteiger partial charge is 0.386 e. The van der Waals surface area contributed by atoms with E-state index >= 15 is 0 Å². The lowest BCUT2D eigenvalue weighted by molar-refractivity contribution is 0.0378. The van der Waals surface area contributed by atoms with Crippen molar-refractivity contribution in [1.29, 1.82) is 0 Å². The van der Waals surface area contributed by atoms with Crippen LogP contribution in [0.2, 0.25) is 0 Å². The van der Waals surface area contributed by atoms with Crippen LogP contribution in [0.15, 0.2) is 5.38 Å². The molecule has 0 aliphatic heterocycles. The van der Waals surface area contributed by atoms with Gasteiger partial charge in [-0.15, -0.1) is 11.3 Å². The summed E-state index contributed by atoms with van der Waals surface area (Å²) in [7, 11) is 0. The van der Waals surface area contributed by atoms with Gasteiger partial charge in [0, 0.05) is 5.38 Å². The second kappa shape index (κ2) is 3.63. The fourth-order valence-electron chi connectivity index (χ4n) is 2.32. The third-order valence-corrected chi connectivity index (χ3v) is 4.11. The molecular weight excluding hydrogens is 194 g/mol. The Labute approximate surface area is 89.0 Å². The molecule has 14 heavy (non-hydrogen) atoms. The van der Waals surface area contributed by atoms with Gasteiger partial charge in [-0.05, 0) is 25.2 Å². The molecule has 78 valence electrons. The van der Waals surface area contributed by atoms with Crippen molar-refractivity contribution < 1.29 is 5.11 Å². The second-order valence-electron chi connectivity index (χ2n) is 4.56. The summed E-state index contributed by atoms with van der Waals surface area (Å²) >= 11 is 1.62. The Bertz CT molecular complexity index is 315. The van der Waals surface area contributed by atoms with Crippen molar-refractivity contribution in [3.63, 3.8) is 0 Å². The zero-order valence-electron chi connectivity index (χ0n) is 8.79. The SMILES string of the molecule is Cc1nc(C(O)C2(C)CCCC2)cs1. The molecule has 1 fully saturated rings. The van der Waals surface area contributed by atoms with Crippen LogP contribution in [-0.2, 0) is 0 Å². The molecule has 2 nitrogen and oxygen atoms in total. The van der Waals surface area contributed by atoms with Crippen LogP contribution in [0.4, 0.5) is 0 Å². The molecule has 1 unspecified atom stereocenters. The second-order valence-corrected chi connectivity index (χ2v) is 5.62. The van der Waals surface area contributed by atoms with E-state index in [1.165, 1.54) is 12.8 Å². The van der Waals surface area contributed by atoms with Gasteiger partial charge in [0.05, 0.1) is 10.7 Å². The van der Waals surface area contributed by atoms with Gasteiger partial charge < -0.3 is 5.11 Å². The fraction of sp³-hybridized carbons (Fsp3) is 0.727. The highest BCUT2D eigenvalue weighted by Crippen LogP contribution is 2.46. The van der Waals surface area contributed by atoms with E-state index in [9.17, 15) is 5.11 Å². The molecule has 0 amide bonds. The summed E-state index contributed by atoms with van der Waals surface area (Å²) in [4.78, 5) is 4.37. The van der Waals surface area contributed by atoms with Crippen molar-refractivity contribution in [3.8, 4) is 0 Å². The van der Waals surface area contributed by atoms with Crippen LogP contribution in [0.5, 0.6) is 0 Å². The van der Waals surface area contributed by atoms with Gasteiger partial charge in [0.2, 0.25) is 0 Å². The maximum absolute atomic E-state index is 10.2. The lowest BCUT2D eigenvalue weighted by Crippen LogP contribution is -2.22. The van der Waals surface area contributed by atoms with Gasteiger partial charge >= 0.3 is 0 Å². The molecule has 1 saturated carbocycles. The number of aliphatic hydroxyl groups is 1. The number of hydrogen-bond donors (Lipinski definition) is 1. The molecule has 0 aromatic carbocycles. The van der Waals surface area contributed by atoms with Crippen LogP contribution in [0, 0.1) is 12.3 Å². The maximum Gasteiger partial charge on any atom is 0.102 e.